The van der Waals surface area contributed by atoms with Gasteiger partial charge in [0.15, 0.2) is 0 Å². The Bertz CT molecular complexity index is 591. The van der Waals surface area contributed by atoms with Crippen molar-refractivity contribution < 1.29 is 0 Å². The van der Waals surface area contributed by atoms with Crippen molar-refractivity contribution in [2.75, 3.05) is 18.4 Å². The average molecular weight is 296 g/mol. The third-order valence-corrected chi connectivity index (χ3v) is 4.27. The molecule has 22 heavy (non-hydrogen) atoms. The van der Waals surface area contributed by atoms with Gasteiger partial charge in [-0.25, -0.2) is 9.97 Å². The van der Waals surface area contributed by atoms with E-state index in [0.717, 1.165) is 35.7 Å². The van der Waals surface area contributed by atoms with Gasteiger partial charge in [0.1, 0.15) is 5.82 Å². The van der Waals surface area contributed by atoms with Gasteiger partial charge in [-0.05, 0) is 25.8 Å². The highest BCUT2D eigenvalue weighted by molar-refractivity contribution is 5.73. The van der Waals surface area contributed by atoms with Crippen LogP contribution in [0.3, 0.4) is 0 Å². The van der Waals surface area contributed by atoms with Crippen molar-refractivity contribution in [3.8, 4) is 11.3 Å². The predicted molar refractivity (Wildman–Crippen MR) is 90.8 cm³/mol. The summed E-state index contributed by atoms with van der Waals surface area (Å²) in [5.74, 6) is 1.53. The summed E-state index contributed by atoms with van der Waals surface area (Å²) in [6.07, 6.45) is 7.91. The molecule has 1 aromatic carbocycles. The fourth-order valence-corrected chi connectivity index (χ4v) is 3.05. The molecule has 0 unspecified atom stereocenters. The highest BCUT2D eigenvalue weighted by Crippen LogP contribution is 2.34. The summed E-state index contributed by atoms with van der Waals surface area (Å²) in [5.41, 5.74) is 8.73. The first kappa shape index (κ1) is 15.0. The van der Waals surface area contributed by atoms with Crippen LogP contribution in [0.15, 0.2) is 36.5 Å². The van der Waals surface area contributed by atoms with E-state index in [0.29, 0.717) is 12.5 Å². The SMILES string of the molecule is NCCCNc1cnc(C2CCCC2)nc1-c1ccccc1. The van der Waals surface area contributed by atoms with Crippen LogP contribution in [-0.4, -0.2) is 23.1 Å². The molecule has 3 rings (SSSR count). The van der Waals surface area contributed by atoms with Gasteiger partial charge in [0.05, 0.1) is 17.6 Å². The fourth-order valence-electron chi connectivity index (χ4n) is 3.05. The predicted octanol–water partition coefficient (Wildman–Crippen LogP) is 3.56. The molecule has 1 heterocycles. The second kappa shape index (κ2) is 7.36. The Balaban J connectivity index is 1.91. The molecular weight excluding hydrogens is 272 g/mol. The molecular formula is C18H24N4. The number of hydrogen-bond acceptors (Lipinski definition) is 4. The number of nitrogens with two attached hydrogens (primary N) is 1. The van der Waals surface area contributed by atoms with Crippen molar-refractivity contribution in [1.82, 2.24) is 9.97 Å². The van der Waals surface area contributed by atoms with Gasteiger partial charge in [0.2, 0.25) is 0 Å². The topological polar surface area (TPSA) is 63.8 Å². The Kier molecular flexibility index (Phi) is 5.01. The summed E-state index contributed by atoms with van der Waals surface area (Å²) in [6.45, 7) is 1.54. The molecule has 1 aliphatic carbocycles. The summed E-state index contributed by atoms with van der Waals surface area (Å²) in [4.78, 5) is 9.52. The molecule has 2 aromatic rings. The van der Waals surface area contributed by atoms with Crippen LogP contribution in [-0.2, 0) is 0 Å². The fraction of sp³-hybridized carbons (Fsp3) is 0.444. The Labute approximate surface area is 132 Å². The van der Waals surface area contributed by atoms with Gasteiger partial charge >= 0.3 is 0 Å². The Hall–Kier alpha value is -1.94. The highest BCUT2D eigenvalue weighted by Gasteiger charge is 2.21. The standard InChI is InChI=1S/C18H24N4/c19-11-6-12-20-16-13-21-18(15-9-4-5-10-15)22-17(16)14-7-2-1-3-8-14/h1-3,7-8,13,15,20H,4-6,9-12,19H2. The number of hydrogen-bond donors (Lipinski definition) is 2. The molecule has 3 N–H and O–H groups in total. The highest BCUT2D eigenvalue weighted by atomic mass is 15.0. The number of nitrogens with one attached hydrogen (secondary N) is 1. The molecule has 116 valence electrons. The molecule has 0 spiro atoms. The minimum atomic E-state index is 0.528. The van der Waals surface area contributed by atoms with Gasteiger partial charge in [-0.3, -0.25) is 0 Å². The van der Waals surface area contributed by atoms with Crippen molar-refractivity contribution in [3.63, 3.8) is 0 Å². The van der Waals surface area contributed by atoms with Crippen molar-refractivity contribution >= 4 is 5.69 Å². The van der Waals surface area contributed by atoms with E-state index in [1.165, 1.54) is 25.7 Å². The van der Waals surface area contributed by atoms with Crippen LogP contribution < -0.4 is 11.1 Å². The van der Waals surface area contributed by atoms with Crippen molar-refractivity contribution in [3.05, 3.63) is 42.4 Å². The molecule has 0 amide bonds. The maximum absolute atomic E-state index is 5.58. The van der Waals surface area contributed by atoms with E-state index in [4.69, 9.17) is 10.7 Å². The van der Waals surface area contributed by atoms with Crippen LogP contribution in [0.1, 0.15) is 43.8 Å². The van der Waals surface area contributed by atoms with Gasteiger partial charge in [0.25, 0.3) is 0 Å². The summed E-state index contributed by atoms with van der Waals surface area (Å²) in [7, 11) is 0. The van der Waals surface area contributed by atoms with Crippen LogP contribution >= 0.6 is 0 Å². The normalized spacial score (nSPS) is 15.1. The van der Waals surface area contributed by atoms with Crippen molar-refractivity contribution in [1.29, 1.82) is 0 Å². The Morgan fingerprint density at radius 3 is 2.64 bits per heavy atom. The third-order valence-electron chi connectivity index (χ3n) is 4.27. The minimum Gasteiger partial charge on any atom is -0.382 e. The third kappa shape index (κ3) is 3.45. The zero-order valence-electron chi connectivity index (χ0n) is 13.0. The molecule has 0 atom stereocenters. The lowest BCUT2D eigenvalue weighted by Gasteiger charge is -2.14. The van der Waals surface area contributed by atoms with E-state index < -0.39 is 0 Å². The molecule has 1 aromatic heterocycles. The smallest absolute Gasteiger partial charge is 0.132 e. The minimum absolute atomic E-state index is 0.528. The zero-order chi connectivity index (χ0) is 15.2. The van der Waals surface area contributed by atoms with Gasteiger partial charge in [-0.2, -0.15) is 0 Å². The summed E-state index contributed by atoms with van der Waals surface area (Å²) >= 11 is 0. The quantitative estimate of drug-likeness (QED) is 0.800. The number of nitrogens with zero attached hydrogens (tertiary/aromatic N) is 2. The molecule has 0 radical (unpaired) electrons. The Morgan fingerprint density at radius 1 is 1.14 bits per heavy atom. The molecule has 4 heteroatoms. The number of benzene rings is 1. The first-order valence-corrected chi connectivity index (χ1v) is 8.25. The second-order valence-electron chi connectivity index (χ2n) is 5.91. The zero-order valence-corrected chi connectivity index (χ0v) is 13.0. The van der Waals surface area contributed by atoms with Gasteiger partial charge in [0, 0.05) is 18.0 Å². The van der Waals surface area contributed by atoms with E-state index in [1.54, 1.807) is 0 Å². The lowest BCUT2D eigenvalue weighted by molar-refractivity contribution is 0.669. The summed E-state index contributed by atoms with van der Waals surface area (Å²) < 4.78 is 0. The van der Waals surface area contributed by atoms with Crippen molar-refractivity contribution in [2.24, 2.45) is 5.73 Å². The van der Waals surface area contributed by atoms with Crippen LogP contribution in [0, 0.1) is 0 Å². The monoisotopic (exact) mass is 296 g/mol. The van der Waals surface area contributed by atoms with E-state index in [2.05, 4.69) is 34.6 Å². The summed E-state index contributed by atoms with van der Waals surface area (Å²) in [6, 6.07) is 10.3. The molecule has 4 nitrogen and oxygen atoms in total. The van der Waals surface area contributed by atoms with Gasteiger partial charge < -0.3 is 11.1 Å². The first-order chi connectivity index (χ1) is 10.9. The van der Waals surface area contributed by atoms with E-state index in [-0.39, 0.29) is 0 Å². The molecule has 1 aliphatic rings. The van der Waals surface area contributed by atoms with Crippen molar-refractivity contribution in [2.45, 2.75) is 38.0 Å². The number of rotatable bonds is 6. The first-order valence-electron chi connectivity index (χ1n) is 8.25. The molecule has 1 fully saturated rings. The second-order valence-corrected chi connectivity index (χ2v) is 5.91. The largest absolute Gasteiger partial charge is 0.382 e. The molecule has 0 saturated heterocycles. The van der Waals surface area contributed by atoms with Crippen LogP contribution in [0.5, 0.6) is 0 Å². The van der Waals surface area contributed by atoms with Gasteiger partial charge in [-0.1, -0.05) is 43.2 Å². The molecule has 0 bridgehead atoms. The lowest BCUT2D eigenvalue weighted by Crippen LogP contribution is -2.11. The number of anilines is 1. The average Bonchev–Trinajstić information content (AvgIpc) is 3.11. The number of aromatic nitrogens is 2. The maximum atomic E-state index is 5.58. The van der Waals surface area contributed by atoms with Crippen LogP contribution in [0.2, 0.25) is 0 Å². The van der Waals surface area contributed by atoms with E-state index in [1.807, 2.05) is 12.3 Å². The van der Waals surface area contributed by atoms with E-state index >= 15 is 0 Å². The van der Waals surface area contributed by atoms with E-state index in [9.17, 15) is 0 Å². The summed E-state index contributed by atoms with van der Waals surface area (Å²) in [5, 5.41) is 3.43. The van der Waals surface area contributed by atoms with Crippen LogP contribution in [0.4, 0.5) is 5.69 Å². The Morgan fingerprint density at radius 2 is 1.91 bits per heavy atom. The molecule has 0 aliphatic heterocycles. The lowest BCUT2D eigenvalue weighted by atomic mass is 10.1. The van der Waals surface area contributed by atoms with Gasteiger partial charge in [-0.15, -0.1) is 0 Å². The molecule has 1 saturated carbocycles. The maximum Gasteiger partial charge on any atom is 0.132 e. The van der Waals surface area contributed by atoms with Crippen LogP contribution in [0.25, 0.3) is 11.3 Å².